The van der Waals surface area contributed by atoms with E-state index in [1.807, 2.05) is 30.1 Å². The number of nitrogens with one attached hydrogen (secondary N) is 1. The van der Waals surface area contributed by atoms with Crippen LogP contribution in [0.4, 0.5) is 15.9 Å². The molecular weight excluding hydrogens is 283 g/mol. The number of rotatable bonds is 5. The van der Waals surface area contributed by atoms with E-state index in [2.05, 4.69) is 4.98 Å². The second-order valence-electron chi connectivity index (χ2n) is 5.03. The van der Waals surface area contributed by atoms with E-state index in [-0.39, 0.29) is 11.3 Å². The fourth-order valence-corrected chi connectivity index (χ4v) is 1.99. The summed E-state index contributed by atoms with van der Waals surface area (Å²) in [7, 11) is 3.51. The van der Waals surface area contributed by atoms with Crippen LogP contribution in [0.3, 0.4) is 0 Å². The Labute approximate surface area is 129 Å². The minimum Gasteiger partial charge on any atom is -0.358 e. The first-order chi connectivity index (χ1) is 10.5. The molecule has 0 aliphatic carbocycles. The zero-order valence-corrected chi connectivity index (χ0v) is 12.6. The molecule has 0 bridgehead atoms. The molecule has 1 heterocycles. The number of amides is 1. The number of likely N-dealkylation sites (N-methyl/N-ethyl adjacent to an activating group) is 2. The number of hydrogen-bond donors (Lipinski definition) is 0. The highest BCUT2D eigenvalue weighted by Crippen LogP contribution is 2.14. The smallest absolute Gasteiger partial charge is 0.256 e. The summed E-state index contributed by atoms with van der Waals surface area (Å²) in [6.07, 6.45) is 1.71. The van der Waals surface area contributed by atoms with Crippen molar-refractivity contribution in [3.8, 4) is 0 Å². The molecule has 1 aromatic heterocycles. The van der Waals surface area contributed by atoms with E-state index >= 15 is 0 Å². The van der Waals surface area contributed by atoms with E-state index in [0.29, 0.717) is 13.1 Å². The Bertz CT molecular complexity index is 648. The molecule has 6 heteroatoms. The lowest BCUT2D eigenvalue weighted by molar-refractivity contribution is 0.0794. The lowest BCUT2D eigenvalue weighted by atomic mass is 10.1. The van der Waals surface area contributed by atoms with Crippen molar-refractivity contribution in [1.29, 1.82) is 0 Å². The summed E-state index contributed by atoms with van der Waals surface area (Å²) in [4.78, 5) is 19.8. The van der Waals surface area contributed by atoms with Gasteiger partial charge in [0.2, 0.25) is 0 Å². The standard InChI is InChI=1S/C16H18FN4O/c1-20(15-5-3-4-8-19-15)9-10-21(2)16(22)13-7-6-12(18)11-14(13)17/h3-8,11,18H,9-10H2,1-2H3. The summed E-state index contributed by atoms with van der Waals surface area (Å²) in [5.74, 6) is -0.248. The van der Waals surface area contributed by atoms with Gasteiger partial charge in [-0.1, -0.05) is 6.07 Å². The minimum absolute atomic E-state index is 0.0148. The molecule has 0 atom stereocenters. The lowest BCUT2D eigenvalue weighted by Crippen LogP contribution is -2.35. The highest BCUT2D eigenvalue weighted by Gasteiger charge is 2.16. The number of benzene rings is 1. The van der Waals surface area contributed by atoms with Crippen LogP contribution in [0, 0.1) is 5.82 Å². The highest BCUT2D eigenvalue weighted by atomic mass is 19.1. The lowest BCUT2D eigenvalue weighted by Gasteiger charge is -2.23. The number of hydrogen-bond acceptors (Lipinski definition) is 3. The van der Waals surface area contributed by atoms with Crippen molar-refractivity contribution in [3.05, 3.63) is 54.0 Å². The van der Waals surface area contributed by atoms with Crippen molar-refractivity contribution in [2.75, 3.05) is 32.1 Å². The minimum atomic E-state index is -0.664. The maximum Gasteiger partial charge on any atom is 0.256 e. The van der Waals surface area contributed by atoms with Gasteiger partial charge >= 0.3 is 0 Å². The molecule has 0 fully saturated rings. The van der Waals surface area contributed by atoms with Crippen LogP contribution >= 0.6 is 0 Å². The van der Waals surface area contributed by atoms with Crippen LogP contribution in [-0.2, 0) is 0 Å². The Kier molecular flexibility index (Phi) is 4.93. The molecule has 0 saturated carbocycles. The third-order valence-electron chi connectivity index (χ3n) is 3.36. The number of carbonyl (C=O) groups is 1. The van der Waals surface area contributed by atoms with Crippen LogP contribution in [-0.4, -0.2) is 43.0 Å². The second-order valence-corrected chi connectivity index (χ2v) is 5.03. The molecule has 2 aromatic rings. The van der Waals surface area contributed by atoms with Crippen LogP contribution in [0.1, 0.15) is 10.4 Å². The van der Waals surface area contributed by atoms with E-state index in [4.69, 9.17) is 5.73 Å². The van der Waals surface area contributed by atoms with Crippen molar-refractivity contribution in [1.82, 2.24) is 15.6 Å². The van der Waals surface area contributed by atoms with Crippen molar-refractivity contribution in [3.63, 3.8) is 0 Å². The fraction of sp³-hybridized carbons (Fsp3) is 0.250. The largest absolute Gasteiger partial charge is 0.358 e. The van der Waals surface area contributed by atoms with Gasteiger partial charge in [-0.2, -0.15) is 0 Å². The maximum absolute atomic E-state index is 13.7. The molecule has 115 valence electrons. The number of carbonyl (C=O) groups excluding carboxylic acids is 1. The number of aromatic nitrogens is 1. The summed E-state index contributed by atoms with van der Waals surface area (Å²) in [6, 6.07) is 9.41. The van der Waals surface area contributed by atoms with Crippen LogP contribution in [0.25, 0.3) is 0 Å². The molecule has 0 aliphatic rings. The van der Waals surface area contributed by atoms with Crippen LogP contribution in [0.15, 0.2) is 42.6 Å². The van der Waals surface area contributed by atoms with Gasteiger partial charge in [0.15, 0.2) is 0 Å². The van der Waals surface area contributed by atoms with Gasteiger partial charge in [0, 0.05) is 33.4 Å². The normalized spacial score (nSPS) is 10.3. The zero-order chi connectivity index (χ0) is 16.1. The molecule has 1 aromatic carbocycles. The molecule has 0 unspecified atom stereocenters. The van der Waals surface area contributed by atoms with Gasteiger partial charge in [0.1, 0.15) is 11.6 Å². The topological polar surface area (TPSA) is 60.2 Å². The van der Waals surface area contributed by atoms with Crippen molar-refractivity contribution in [2.45, 2.75) is 0 Å². The molecule has 0 spiro atoms. The molecule has 1 radical (unpaired) electrons. The number of halogens is 1. The first kappa shape index (κ1) is 15.8. The molecule has 22 heavy (non-hydrogen) atoms. The molecule has 0 saturated heterocycles. The first-order valence-electron chi connectivity index (χ1n) is 6.88. The van der Waals surface area contributed by atoms with Crippen molar-refractivity contribution < 1.29 is 9.18 Å². The Balaban J connectivity index is 1.97. The van der Waals surface area contributed by atoms with Gasteiger partial charge in [0.05, 0.1) is 11.3 Å². The SMILES string of the molecule is CN(CCN(C)c1ccccn1)C(=O)c1ccc([NH])cc1F. The summed E-state index contributed by atoms with van der Waals surface area (Å²) < 4.78 is 13.7. The molecule has 2 rings (SSSR count). The number of anilines is 1. The van der Waals surface area contributed by atoms with Gasteiger partial charge in [0.25, 0.3) is 5.91 Å². The molecule has 1 amide bonds. The summed E-state index contributed by atoms with van der Waals surface area (Å²) in [6.45, 7) is 1.02. The van der Waals surface area contributed by atoms with Crippen LogP contribution in [0.5, 0.6) is 0 Å². The first-order valence-corrected chi connectivity index (χ1v) is 6.88. The molecule has 0 aliphatic heterocycles. The number of nitrogens with zero attached hydrogens (tertiary/aromatic N) is 3. The average Bonchev–Trinajstić information content (AvgIpc) is 2.52. The van der Waals surface area contributed by atoms with Gasteiger partial charge < -0.3 is 15.5 Å². The van der Waals surface area contributed by atoms with E-state index < -0.39 is 11.7 Å². The van der Waals surface area contributed by atoms with Gasteiger partial charge in [-0.15, -0.1) is 0 Å². The summed E-state index contributed by atoms with van der Waals surface area (Å²) in [5.41, 5.74) is 7.37. The van der Waals surface area contributed by atoms with E-state index in [1.165, 1.54) is 17.0 Å². The third kappa shape index (κ3) is 3.72. The zero-order valence-electron chi connectivity index (χ0n) is 12.6. The Morgan fingerprint density at radius 1 is 1.23 bits per heavy atom. The van der Waals surface area contributed by atoms with Gasteiger partial charge in [-0.25, -0.2) is 9.37 Å². The van der Waals surface area contributed by atoms with Crippen molar-refractivity contribution >= 4 is 17.4 Å². The van der Waals surface area contributed by atoms with Gasteiger partial charge in [-0.05, 0) is 30.3 Å². The Hall–Kier alpha value is -2.63. The molecule has 5 nitrogen and oxygen atoms in total. The maximum atomic E-state index is 13.7. The number of pyridine rings is 1. The Morgan fingerprint density at radius 2 is 2.00 bits per heavy atom. The van der Waals surface area contributed by atoms with Gasteiger partial charge in [-0.3, -0.25) is 4.79 Å². The predicted molar refractivity (Wildman–Crippen MR) is 83.6 cm³/mol. The van der Waals surface area contributed by atoms with Crippen LogP contribution in [0.2, 0.25) is 0 Å². The van der Waals surface area contributed by atoms with E-state index in [1.54, 1.807) is 13.2 Å². The fourth-order valence-electron chi connectivity index (χ4n) is 1.99. The average molecular weight is 301 g/mol. The van der Waals surface area contributed by atoms with E-state index in [0.717, 1.165) is 11.9 Å². The highest BCUT2D eigenvalue weighted by molar-refractivity contribution is 5.94. The second kappa shape index (κ2) is 6.89. The monoisotopic (exact) mass is 301 g/mol. The molecular formula is C16H18FN4O. The predicted octanol–water partition coefficient (Wildman–Crippen LogP) is 2.34. The van der Waals surface area contributed by atoms with Crippen LogP contribution < -0.4 is 10.6 Å². The summed E-state index contributed by atoms with van der Waals surface area (Å²) >= 11 is 0. The summed E-state index contributed by atoms with van der Waals surface area (Å²) in [5, 5.41) is 0. The van der Waals surface area contributed by atoms with E-state index in [9.17, 15) is 9.18 Å². The molecule has 1 N–H and O–H groups in total. The quantitative estimate of drug-likeness (QED) is 0.851. The third-order valence-corrected chi connectivity index (χ3v) is 3.36. The van der Waals surface area contributed by atoms with Crippen molar-refractivity contribution in [2.24, 2.45) is 0 Å². The Morgan fingerprint density at radius 3 is 2.64 bits per heavy atom.